The molecule has 2 aliphatic rings. The summed E-state index contributed by atoms with van der Waals surface area (Å²) in [6.45, 7) is 7.68. The van der Waals surface area contributed by atoms with Crippen molar-refractivity contribution in [2.75, 3.05) is 53.6 Å². The van der Waals surface area contributed by atoms with E-state index in [1.165, 1.54) is 16.6 Å². The van der Waals surface area contributed by atoms with Crippen molar-refractivity contribution in [3.63, 3.8) is 0 Å². The van der Waals surface area contributed by atoms with Gasteiger partial charge in [-0.1, -0.05) is 0 Å². The zero-order valence-corrected chi connectivity index (χ0v) is 21.0. The highest BCUT2D eigenvalue weighted by molar-refractivity contribution is 5.64. The number of aromatic nitrogens is 2. The zero-order valence-electron chi connectivity index (χ0n) is 21.0. The van der Waals surface area contributed by atoms with Crippen molar-refractivity contribution >= 4 is 6.09 Å². The van der Waals surface area contributed by atoms with Crippen molar-refractivity contribution < 1.29 is 28.2 Å². The number of nitrogens with zero attached hydrogens (tertiary/aromatic N) is 4. The summed E-state index contributed by atoms with van der Waals surface area (Å²) >= 11 is 0. The van der Waals surface area contributed by atoms with E-state index in [4.69, 9.17) is 14.6 Å². The van der Waals surface area contributed by atoms with Crippen LogP contribution in [0.15, 0.2) is 0 Å². The van der Waals surface area contributed by atoms with Crippen LogP contribution in [0.2, 0.25) is 0 Å². The molecule has 0 unspecified atom stereocenters. The molecule has 0 bridgehead atoms. The number of alkyl halides is 2. The molecule has 0 aromatic carbocycles. The Labute approximate surface area is 201 Å². The average molecular weight is 487 g/mol. The fourth-order valence-corrected chi connectivity index (χ4v) is 5.23. The molecule has 0 atom stereocenters. The minimum Gasteiger partial charge on any atom is -0.465 e. The van der Waals surface area contributed by atoms with Crippen LogP contribution in [0.1, 0.15) is 62.4 Å². The molecule has 194 valence electrons. The third-order valence-corrected chi connectivity index (χ3v) is 7.22. The predicted molar refractivity (Wildman–Crippen MR) is 124 cm³/mol. The molecule has 2 heterocycles. The van der Waals surface area contributed by atoms with E-state index < -0.39 is 12.0 Å². The maximum atomic E-state index is 14.2. The number of halogens is 2. The first-order chi connectivity index (χ1) is 16.1. The maximum Gasteiger partial charge on any atom is 0.407 e. The number of amides is 1. The van der Waals surface area contributed by atoms with E-state index in [1.54, 1.807) is 0 Å². The van der Waals surface area contributed by atoms with Crippen LogP contribution in [0.5, 0.6) is 0 Å². The van der Waals surface area contributed by atoms with E-state index >= 15 is 0 Å². The number of hydrogen-bond acceptors (Lipinski definition) is 5. The van der Waals surface area contributed by atoms with E-state index in [2.05, 4.69) is 5.10 Å². The molecule has 1 amide bonds. The Hall–Kier alpha value is -1.78. The van der Waals surface area contributed by atoms with Crippen molar-refractivity contribution in [1.29, 1.82) is 0 Å². The third-order valence-electron chi connectivity index (χ3n) is 7.22. The summed E-state index contributed by atoms with van der Waals surface area (Å²) in [5.74, 6) is -2.58. The first kappa shape index (κ1) is 26.8. The van der Waals surface area contributed by atoms with Crippen LogP contribution in [0, 0.1) is 5.41 Å². The van der Waals surface area contributed by atoms with Gasteiger partial charge in [-0.3, -0.25) is 9.58 Å². The van der Waals surface area contributed by atoms with Gasteiger partial charge in [0.1, 0.15) is 6.54 Å². The van der Waals surface area contributed by atoms with E-state index in [-0.39, 0.29) is 24.3 Å². The first-order valence-electron chi connectivity index (χ1n) is 12.3. The van der Waals surface area contributed by atoms with Gasteiger partial charge < -0.3 is 19.5 Å². The summed E-state index contributed by atoms with van der Waals surface area (Å²) in [6, 6.07) is 0. The van der Waals surface area contributed by atoms with Crippen LogP contribution in [0.3, 0.4) is 0 Å². The standard InChI is InChI=1S/C24H40F2N4O4/c1-5-33-16-23(17-34-6-2)9-7-18(8-10-23)21-19(14-28(3)11-12-29(4)22(31)32)27-30-15-24(25,26)13-20(21)30/h18H,5-17H2,1-4H3,(H,31,32). The summed E-state index contributed by atoms with van der Waals surface area (Å²) in [5, 5.41) is 13.7. The summed E-state index contributed by atoms with van der Waals surface area (Å²) in [5.41, 5.74) is 2.47. The van der Waals surface area contributed by atoms with E-state index in [9.17, 15) is 13.6 Å². The van der Waals surface area contributed by atoms with Crippen LogP contribution >= 0.6 is 0 Å². The van der Waals surface area contributed by atoms with Gasteiger partial charge in [0.25, 0.3) is 5.92 Å². The fourth-order valence-electron chi connectivity index (χ4n) is 5.23. The van der Waals surface area contributed by atoms with Gasteiger partial charge in [0.2, 0.25) is 0 Å². The highest BCUT2D eigenvalue weighted by atomic mass is 19.3. The summed E-state index contributed by atoms with van der Waals surface area (Å²) in [7, 11) is 3.45. The van der Waals surface area contributed by atoms with Crippen molar-refractivity contribution in [3.05, 3.63) is 17.0 Å². The Morgan fingerprint density at radius 3 is 2.32 bits per heavy atom. The Balaban J connectivity index is 1.76. The number of likely N-dealkylation sites (N-methyl/N-ethyl adjacent to an activating group) is 2. The number of rotatable bonds is 12. The lowest BCUT2D eigenvalue weighted by Crippen LogP contribution is -2.37. The van der Waals surface area contributed by atoms with Gasteiger partial charge in [-0.05, 0) is 52.5 Å². The Kier molecular flexibility index (Phi) is 8.92. The second kappa shape index (κ2) is 11.3. The molecule has 1 aliphatic heterocycles. The third kappa shape index (κ3) is 6.46. The molecule has 1 saturated carbocycles. The van der Waals surface area contributed by atoms with E-state index in [1.807, 2.05) is 25.8 Å². The molecule has 1 aromatic rings. The molecule has 1 fully saturated rings. The number of fused-ring (bicyclic) bond motifs is 1. The Morgan fingerprint density at radius 2 is 1.76 bits per heavy atom. The van der Waals surface area contributed by atoms with E-state index in [0.29, 0.717) is 51.8 Å². The van der Waals surface area contributed by atoms with Crippen LogP contribution in [0.25, 0.3) is 0 Å². The molecule has 1 aromatic heterocycles. The van der Waals surface area contributed by atoms with Crippen molar-refractivity contribution in [3.8, 4) is 0 Å². The molecule has 34 heavy (non-hydrogen) atoms. The van der Waals surface area contributed by atoms with Gasteiger partial charge in [0, 0.05) is 56.6 Å². The second-order valence-electron chi connectivity index (χ2n) is 9.99. The van der Waals surface area contributed by atoms with Gasteiger partial charge >= 0.3 is 6.09 Å². The van der Waals surface area contributed by atoms with Gasteiger partial charge in [-0.15, -0.1) is 0 Å². The zero-order chi connectivity index (χ0) is 24.9. The molecular formula is C24H40F2N4O4. The molecule has 10 heteroatoms. The Bertz CT molecular complexity index is 814. The number of hydrogen-bond donors (Lipinski definition) is 1. The van der Waals surface area contributed by atoms with Crippen LogP contribution in [-0.4, -0.2) is 90.3 Å². The smallest absolute Gasteiger partial charge is 0.407 e. The van der Waals surface area contributed by atoms with Crippen molar-refractivity contribution in [2.45, 2.75) is 70.9 Å². The van der Waals surface area contributed by atoms with Gasteiger partial charge in [0.15, 0.2) is 0 Å². The quantitative estimate of drug-likeness (QED) is 0.484. The van der Waals surface area contributed by atoms with Crippen LogP contribution in [-0.2, 0) is 29.0 Å². The average Bonchev–Trinajstić information content (AvgIpc) is 3.25. The van der Waals surface area contributed by atoms with Gasteiger partial charge in [-0.2, -0.15) is 5.10 Å². The lowest BCUT2D eigenvalue weighted by molar-refractivity contribution is -0.0396. The van der Waals surface area contributed by atoms with Crippen LogP contribution < -0.4 is 0 Å². The van der Waals surface area contributed by atoms with E-state index in [0.717, 1.165) is 36.9 Å². The molecule has 1 aliphatic carbocycles. The van der Waals surface area contributed by atoms with Crippen molar-refractivity contribution in [1.82, 2.24) is 19.6 Å². The summed E-state index contributed by atoms with van der Waals surface area (Å²) < 4.78 is 41.6. The molecule has 8 nitrogen and oxygen atoms in total. The van der Waals surface area contributed by atoms with Crippen molar-refractivity contribution in [2.24, 2.45) is 5.41 Å². The fraction of sp³-hybridized carbons (Fsp3) is 0.833. The second-order valence-corrected chi connectivity index (χ2v) is 9.99. The topological polar surface area (TPSA) is 80.1 Å². The largest absolute Gasteiger partial charge is 0.465 e. The molecule has 1 N–H and O–H groups in total. The maximum absolute atomic E-state index is 14.2. The SMILES string of the molecule is CCOCC1(COCC)CCC(c2c(CN(C)CCN(C)C(=O)O)nn3c2CC(F)(F)C3)CC1. The molecule has 3 rings (SSSR count). The van der Waals surface area contributed by atoms with Gasteiger partial charge in [-0.25, -0.2) is 13.6 Å². The van der Waals surface area contributed by atoms with Gasteiger partial charge in [0.05, 0.1) is 25.3 Å². The summed E-state index contributed by atoms with van der Waals surface area (Å²) in [6.07, 6.45) is 2.41. The highest BCUT2D eigenvalue weighted by Gasteiger charge is 2.44. The molecule has 0 radical (unpaired) electrons. The minimum atomic E-state index is -2.76. The molecule has 0 saturated heterocycles. The summed E-state index contributed by atoms with van der Waals surface area (Å²) in [4.78, 5) is 14.3. The lowest BCUT2D eigenvalue weighted by atomic mass is 9.69. The first-order valence-corrected chi connectivity index (χ1v) is 12.3. The number of ether oxygens (including phenoxy) is 2. The highest BCUT2D eigenvalue weighted by Crippen LogP contribution is 2.47. The monoisotopic (exact) mass is 486 g/mol. The molecular weight excluding hydrogens is 446 g/mol. The number of carbonyl (C=O) groups is 1. The normalized spacial score (nSPS) is 19.5. The minimum absolute atomic E-state index is 0.0266. The number of carboxylic acid groups (broad SMARTS) is 1. The van der Waals surface area contributed by atoms with Crippen LogP contribution in [0.4, 0.5) is 13.6 Å². The Morgan fingerprint density at radius 1 is 1.15 bits per heavy atom. The lowest BCUT2D eigenvalue weighted by Gasteiger charge is -2.40. The molecule has 0 spiro atoms. The predicted octanol–water partition coefficient (Wildman–Crippen LogP) is 3.83.